The molecule has 0 unspecified atom stereocenters. The number of piperazine rings is 1. The molecule has 1 saturated heterocycles. The molecule has 1 fully saturated rings. The zero-order valence-corrected chi connectivity index (χ0v) is 20.7. The summed E-state index contributed by atoms with van der Waals surface area (Å²) >= 11 is 0. The van der Waals surface area contributed by atoms with Gasteiger partial charge >= 0.3 is 0 Å². The molecule has 0 saturated carbocycles. The number of phenolic OH excluding ortho intramolecular Hbond substituents is 1. The summed E-state index contributed by atoms with van der Waals surface area (Å²) in [6, 6.07) is 21.3. The van der Waals surface area contributed by atoms with Crippen LogP contribution in [0.4, 0.5) is 5.82 Å². The number of pyridine rings is 1. The maximum Gasteiger partial charge on any atom is 0.259 e. The summed E-state index contributed by atoms with van der Waals surface area (Å²) in [5.41, 5.74) is 2.63. The lowest BCUT2D eigenvalue weighted by molar-refractivity contribution is 0.0306. The fourth-order valence-electron chi connectivity index (χ4n) is 4.97. The van der Waals surface area contributed by atoms with E-state index in [0.717, 1.165) is 30.8 Å². The predicted molar refractivity (Wildman–Crippen MR) is 141 cm³/mol. The fourth-order valence-corrected chi connectivity index (χ4v) is 4.97. The van der Waals surface area contributed by atoms with Gasteiger partial charge in [-0.2, -0.15) is 0 Å². The van der Waals surface area contributed by atoms with Crippen LogP contribution in [0.5, 0.6) is 5.75 Å². The lowest BCUT2D eigenvalue weighted by Gasteiger charge is -2.47. The van der Waals surface area contributed by atoms with Gasteiger partial charge < -0.3 is 5.11 Å². The van der Waals surface area contributed by atoms with Crippen LogP contribution in [0.25, 0.3) is 0 Å². The number of amides is 1. The normalized spacial score (nSPS) is 19.7. The highest BCUT2D eigenvalue weighted by Gasteiger charge is 2.34. The molecule has 1 aliphatic heterocycles. The van der Waals surface area contributed by atoms with Gasteiger partial charge in [0.05, 0.1) is 6.04 Å². The lowest BCUT2D eigenvalue weighted by Crippen LogP contribution is -2.57. The van der Waals surface area contributed by atoms with Crippen molar-refractivity contribution in [2.45, 2.75) is 32.0 Å². The number of anilines is 1. The largest absolute Gasteiger partial charge is 0.508 e. The maximum absolute atomic E-state index is 13.3. The predicted octanol–water partition coefficient (Wildman–Crippen LogP) is 4.73. The monoisotopic (exact) mass is 470 g/mol. The van der Waals surface area contributed by atoms with E-state index in [0.29, 0.717) is 17.4 Å². The average molecular weight is 471 g/mol. The molecule has 1 aromatic heterocycles. The van der Waals surface area contributed by atoms with Crippen LogP contribution in [-0.2, 0) is 0 Å². The van der Waals surface area contributed by atoms with Gasteiger partial charge in [-0.3, -0.25) is 19.5 Å². The summed E-state index contributed by atoms with van der Waals surface area (Å²) in [5.74, 6) is 0.728. The van der Waals surface area contributed by atoms with E-state index >= 15 is 0 Å². The van der Waals surface area contributed by atoms with E-state index in [-0.39, 0.29) is 23.7 Å². The molecule has 1 amide bonds. The van der Waals surface area contributed by atoms with Crippen molar-refractivity contribution in [3.8, 4) is 5.75 Å². The second kappa shape index (κ2) is 10.8. The standard InChI is InChI=1S/C29H34N4O2/c1-5-16-32-19-22(3)33(20-21(32)2)28(24-11-9-13-26(34)18-24)23-10-8-12-25(17-23)29(35)31(4)27-14-6-7-15-30-27/h5-15,17-18,21-22,28,34H,1,16,19-20H2,2-4H3/t21-,22+,28-/m1/s1. The topological polar surface area (TPSA) is 59.9 Å². The van der Waals surface area contributed by atoms with E-state index in [2.05, 4.69) is 41.3 Å². The summed E-state index contributed by atoms with van der Waals surface area (Å²) in [6.45, 7) is 11.0. The number of benzene rings is 2. The molecule has 3 atom stereocenters. The molecule has 35 heavy (non-hydrogen) atoms. The Morgan fingerprint density at radius 2 is 1.83 bits per heavy atom. The van der Waals surface area contributed by atoms with Crippen molar-refractivity contribution < 1.29 is 9.90 Å². The molecular weight excluding hydrogens is 436 g/mol. The van der Waals surface area contributed by atoms with Crippen molar-refractivity contribution in [1.82, 2.24) is 14.8 Å². The first kappa shape index (κ1) is 24.6. The second-order valence-electron chi connectivity index (χ2n) is 9.31. The molecule has 2 heterocycles. The van der Waals surface area contributed by atoms with Crippen molar-refractivity contribution in [3.63, 3.8) is 0 Å². The van der Waals surface area contributed by atoms with Gasteiger partial charge in [0.2, 0.25) is 0 Å². The van der Waals surface area contributed by atoms with Crippen molar-refractivity contribution in [1.29, 1.82) is 0 Å². The summed E-state index contributed by atoms with van der Waals surface area (Å²) in [4.78, 5) is 24.1. The molecule has 0 spiro atoms. The van der Waals surface area contributed by atoms with Gasteiger partial charge in [0.25, 0.3) is 5.91 Å². The van der Waals surface area contributed by atoms with E-state index in [1.54, 1.807) is 24.2 Å². The maximum atomic E-state index is 13.3. The number of hydrogen-bond acceptors (Lipinski definition) is 5. The van der Waals surface area contributed by atoms with Crippen LogP contribution >= 0.6 is 0 Å². The lowest BCUT2D eigenvalue weighted by atomic mass is 9.92. The first-order valence-corrected chi connectivity index (χ1v) is 12.1. The highest BCUT2D eigenvalue weighted by atomic mass is 16.3. The van der Waals surface area contributed by atoms with E-state index in [1.165, 1.54) is 0 Å². The summed E-state index contributed by atoms with van der Waals surface area (Å²) in [5, 5.41) is 10.3. The second-order valence-corrected chi connectivity index (χ2v) is 9.31. The Bertz CT molecular complexity index is 1170. The average Bonchev–Trinajstić information content (AvgIpc) is 2.87. The zero-order chi connectivity index (χ0) is 24.9. The third-order valence-corrected chi connectivity index (χ3v) is 6.79. The van der Waals surface area contributed by atoms with Crippen LogP contribution in [-0.4, -0.2) is 64.6 Å². The van der Waals surface area contributed by atoms with Crippen molar-refractivity contribution >= 4 is 11.7 Å². The molecule has 0 radical (unpaired) electrons. The molecule has 3 aromatic rings. The smallest absolute Gasteiger partial charge is 0.259 e. The number of hydrogen-bond donors (Lipinski definition) is 1. The first-order valence-electron chi connectivity index (χ1n) is 12.1. The third-order valence-electron chi connectivity index (χ3n) is 6.79. The molecular formula is C29H34N4O2. The van der Waals surface area contributed by atoms with Crippen molar-refractivity contribution in [2.75, 3.05) is 31.6 Å². The Morgan fingerprint density at radius 1 is 1.09 bits per heavy atom. The quantitative estimate of drug-likeness (QED) is 0.506. The number of aromatic nitrogens is 1. The highest BCUT2D eigenvalue weighted by molar-refractivity contribution is 6.05. The van der Waals surface area contributed by atoms with Gasteiger partial charge in [0.15, 0.2) is 0 Å². The summed E-state index contributed by atoms with van der Waals surface area (Å²) in [6.07, 6.45) is 3.64. The number of rotatable bonds is 7. The molecule has 1 aliphatic rings. The minimum absolute atomic E-state index is 0.0988. The van der Waals surface area contributed by atoms with E-state index < -0.39 is 0 Å². The van der Waals surface area contributed by atoms with Gasteiger partial charge in [-0.25, -0.2) is 4.98 Å². The van der Waals surface area contributed by atoms with Crippen molar-refractivity contribution in [2.24, 2.45) is 0 Å². The minimum atomic E-state index is -0.113. The van der Waals surface area contributed by atoms with Crippen LogP contribution in [0.2, 0.25) is 0 Å². The van der Waals surface area contributed by atoms with Gasteiger partial charge in [-0.05, 0) is 61.4 Å². The number of aromatic hydroxyl groups is 1. The zero-order valence-electron chi connectivity index (χ0n) is 20.7. The number of phenols is 1. The first-order chi connectivity index (χ1) is 16.9. The molecule has 182 valence electrons. The fraction of sp³-hybridized carbons (Fsp3) is 0.310. The molecule has 6 heteroatoms. The molecule has 2 aromatic carbocycles. The van der Waals surface area contributed by atoms with E-state index in [1.807, 2.05) is 60.7 Å². The Kier molecular flexibility index (Phi) is 7.63. The molecule has 4 rings (SSSR count). The molecule has 0 aliphatic carbocycles. The van der Waals surface area contributed by atoms with E-state index in [9.17, 15) is 9.90 Å². The Balaban J connectivity index is 1.71. The Labute approximate surface area is 208 Å². The van der Waals surface area contributed by atoms with Crippen LogP contribution in [0, 0.1) is 0 Å². The Morgan fingerprint density at radius 3 is 2.51 bits per heavy atom. The van der Waals surface area contributed by atoms with E-state index in [4.69, 9.17) is 0 Å². The SMILES string of the molecule is C=CCN1C[C@H](C)N([C@@H](c2cccc(O)c2)c2cccc(C(=O)N(C)c3ccccn3)c2)C[C@H]1C. The van der Waals surface area contributed by atoms with Crippen LogP contribution in [0.15, 0.2) is 85.6 Å². The molecule has 6 nitrogen and oxygen atoms in total. The van der Waals surface area contributed by atoms with Crippen LogP contribution in [0.1, 0.15) is 41.4 Å². The molecule has 1 N–H and O–H groups in total. The summed E-state index contributed by atoms with van der Waals surface area (Å²) < 4.78 is 0. The minimum Gasteiger partial charge on any atom is -0.508 e. The summed E-state index contributed by atoms with van der Waals surface area (Å²) in [7, 11) is 1.74. The number of nitrogens with zero attached hydrogens (tertiary/aromatic N) is 4. The van der Waals surface area contributed by atoms with Crippen LogP contribution in [0.3, 0.4) is 0 Å². The van der Waals surface area contributed by atoms with Gasteiger partial charge in [-0.1, -0.05) is 36.4 Å². The van der Waals surface area contributed by atoms with Gasteiger partial charge in [-0.15, -0.1) is 6.58 Å². The van der Waals surface area contributed by atoms with Crippen molar-refractivity contribution in [3.05, 3.63) is 102 Å². The van der Waals surface area contributed by atoms with Gasteiger partial charge in [0, 0.05) is 50.5 Å². The van der Waals surface area contributed by atoms with Gasteiger partial charge in [0.1, 0.15) is 11.6 Å². The highest BCUT2D eigenvalue weighted by Crippen LogP contribution is 2.35. The number of carbonyl (C=O) groups excluding carboxylic acids is 1. The molecule has 0 bridgehead atoms. The third kappa shape index (κ3) is 5.45. The van der Waals surface area contributed by atoms with Crippen LogP contribution < -0.4 is 4.90 Å². The number of carbonyl (C=O) groups is 1. The Hall–Kier alpha value is -3.48.